The molecular weight excluding hydrogens is 330 g/mol. The minimum absolute atomic E-state index is 0.150. The quantitative estimate of drug-likeness (QED) is 0.644. The molecule has 4 nitrogen and oxygen atoms in total. The summed E-state index contributed by atoms with van der Waals surface area (Å²) in [6.45, 7) is 0.766. The number of nitrogens with one attached hydrogen (secondary N) is 1. The molecule has 1 unspecified atom stereocenters. The fourth-order valence-corrected chi connectivity index (χ4v) is 3.31. The lowest BCUT2D eigenvalue weighted by Crippen LogP contribution is -2.38. The highest BCUT2D eigenvalue weighted by molar-refractivity contribution is 9.10. The molecule has 0 bridgehead atoms. The smallest absolute Gasteiger partial charge is 0.125 e. The molecule has 1 aromatic heterocycles. The first-order valence-electron chi connectivity index (χ1n) is 7.05. The lowest BCUT2D eigenvalue weighted by Gasteiger charge is -2.18. The Hall–Kier alpha value is -1.43. The van der Waals surface area contributed by atoms with Gasteiger partial charge < -0.3 is 4.74 Å². The lowest BCUT2D eigenvalue weighted by molar-refractivity contribution is 0.351. The van der Waals surface area contributed by atoms with E-state index >= 15 is 0 Å². The van der Waals surface area contributed by atoms with Crippen LogP contribution in [0.1, 0.15) is 16.7 Å². The van der Waals surface area contributed by atoms with Gasteiger partial charge in [-0.05, 0) is 47.7 Å². The van der Waals surface area contributed by atoms with Gasteiger partial charge in [0.05, 0.1) is 6.61 Å². The Balaban J connectivity index is 1.78. The molecule has 2 heterocycles. The van der Waals surface area contributed by atoms with Crippen molar-refractivity contribution in [3.05, 3.63) is 57.8 Å². The highest BCUT2D eigenvalue weighted by atomic mass is 79.9. The van der Waals surface area contributed by atoms with Crippen molar-refractivity contribution in [3.63, 3.8) is 0 Å². The van der Waals surface area contributed by atoms with Crippen LogP contribution in [0.15, 0.2) is 41.1 Å². The summed E-state index contributed by atoms with van der Waals surface area (Å²) in [4.78, 5) is 4.15. The summed E-state index contributed by atoms with van der Waals surface area (Å²) < 4.78 is 6.87. The maximum atomic E-state index is 5.78. The van der Waals surface area contributed by atoms with E-state index in [0.717, 1.165) is 36.1 Å². The molecule has 3 N–H and O–H groups in total. The molecule has 1 aromatic carbocycles. The maximum absolute atomic E-state index is 5.78. The number of nitrogens with zero attached hydrogens (tertiary/aromatic N) is 1. The predicted octanol–water partition coefficient (Wildman–Crippen LogP) is 2.40. The summed E-state index contributed by atoms with van der Waals surface area (Å²) in [5.41, 5.74) is 6.56. The van der Waals surface area contributed by atoms with E-state index in [0.29, 0.717) is 0 Å². The predicted molar refractivity (Wildman–Crippen MR) is 86.1 cm³/mol. The molecule has 21 heavy (non-hydrogen) atoms. The third kappa shape index (κ3) is 3.43. The van der Waals surface area contributed by atoms with Crippen molar-refractivity contribution in [1.82, 2.24) is 10.4 Å². The summed E-state index contributed by atoms with van der Waals surface area (Å²) in [5.74, 6) is 6.76. The molecule has 3 rings (SSSR count). The van der Waals surface area contributed by atoms with Crippen LogP contribution in [-0.4, -0.2) is 17.6 Å². The Morgan fingerprint density at radius 2 is 2.29 bits per heavy atom. The normalized spacial score (nSPS) is 14.6. The first kappa shape index (κ1) is 14.5. The van der Waals surface area contributed by atoms with Gasteiger partial charge in [0, 0.05) is 29.3 Å². The first-order chi connectivity index (χ1) is 10.3. The van der Waals surface area contributed by atoms with Gasteiger partial charge in [-0.15, -0.1) is 0 Å². The summed E-state index contributed by atoms with van der Waals surface area (Å²) in [7, 11) is 0. The molecule has 0 radical (unpaired) electrons. The van der Waals surface area contributed by atoms with E-state index in [-0.39, 0.29) is 6.04 Å². The molecule has 0 spiro atoms. The van der Waals surface area contributed by atoms with Crippen LogP contribution in [0.5, 0.6) is 5.75 Å². The molecule has 2 aromatic rings. The molecule has 1 atom stereocenters. The van der Waals surface area contributed by atoms with Crippen molar-refractivity contribution in [2.45, 2.75) is 25.3 Å². The highest BCUT2D eigenvalue weighted by Crippen LogP contribution is 2.33. The van der Waals surface area contributed by atoms with Crippen LogP contribution < -0.4 is 16.0 Å². The molecule has 110 valence electrons. The van der Waals surface area contributed by atoms with E-state index in [1.807, 2.05) is 12.3 Å². The second kappa shape index (κ2) is 6.56. The van der Waals surface area contributed by atoms with Crippen molar-refractivity contribution < 1.29 is 4.74 Å². The topological polar surface area (TPSA) is 60.2 Å². The van der Waals surface area contributed by atoms with Gasteiger partial charge in [-0.25, -0.2) is 0 Å². The Morgan fingerprint density at radius 1 is 1.38 bits per heavy atom. The van der Waals surface area contributed by atoms with Crippen molar-refractivity contribution in [1.29, 1.82) is 0 Å². The fraction of sp³-hybridized carbons (Fsp3) is 0.312. The van der Waals surface area contributed by atoms with Gasteiger partial charge in [0.2, 0.25) is 0 Å². The fourth-order valence-electron chi connectivity index (χ4n) is 2.76. The number of halogens is 1. The van der Waals surface area contributed by atoms with Gasteiger partial charge in [0.15, 0.2) is 0 Å². The van der Waals surface area contributed by atoms with Crippen LogP contribution in [0.2, 0.25) is 0 Å². The third-order valence-corrected chi connectivity index (χ3v) is 4.19. The Kier molecular flexibility index (Phi) is 4.53. The van der Waals surface area contributed by atoms with Gasteiger partial charge in [0.25, 0.3) is 0 Å². The zero-order chi connectivity index (χ0) is 14.7. The number of aromatic nitrogens is 1. The van der Waals surface area contributed by atoms with Crippen LogP contribution in [0.4, 0.5) is 0 Å². The number of hydrazine groups is 1. The van der Waals surface area contributed by atoms with E-state index in [2.05, 4.69) is 44.5 Å². The van der Waals surface area contributed by atoms with Gasteiger partial charge in [0.1, 0.15) is 5.75 Å². The molecule has 0 amide bonds. The average Bonchev–Trinajstić information content (AvgIpc) is 2.96. The lowest BCUT2D eigenvalue weighted by atomic mass is 9.98. The van der Waals surface area contributed by atoms with Crippen molar-refractivity contribution in [2.75, 3.05) is 6.61 Å². The van der Waals surface area contributed by atoms with E-state index in [4.69, 9.17) is 10.6 Å². The summed E-state index contributed by atoms with van der Waals surface area (Å²) in [6.07, 6.45) is 6.31. The molecule has 0 saturated carbocycles. The summed E-state index contributed by atoms with van der Waals surface area (Å²) in [6, 6.07) is 8.43. The van der Waals surface area contributed by atoms with Crippen molar-refractivity contribution in [2.24, 2.45) is 5.84 Å². The minimum atomic E-state index is 0.150. The number of ether oxygens (including phenoxy) is 1. The number of hydrogen-bond donors (Lipinski definition) is 2. The van der Waals surface area contributed by atoms with E-state index in [1.54, 1.807) is 6.20 Å². The standard InChI is InChI=1S/C16H18BrN3O/c17-14-7-12-3-5-21-16(12)13(8-14)9-15(20-18)6-11-2-1-4-19-10-11/h1-2,4,7-8,10,15,20H,3,5-6,9,18H2. The number of nitrogens with two attached hydrogens (primary N) is 1. The Morgan fingerprint density at radius 3 is 3.05 bits per heavy atom. The number of fused-ring (bicyclic) bond motifs is 1. The van der Waals surface area contributed by atoms with Gasteiger partial charge in [-0.2, -0.15) is 0 Å². The second-order valence-electron chi connectivity index (χ2n) is 5.28. The number of pyridine rings is 1. The van der Waals surface area contributed by atoms with E-state index in [1.165, 1.54) is 16.7 Å². The zero-order valence-electron chi connectivity index (χ0n) is 11.7. The van der Waals surface area contributed by atoms with Crippen LogP contribution in [0.3, 0.4) is 0 Å². The van der Waals surface area contributed by atoms with Crippen molar-refractivity contribution in [3.8, 4) is 5.75 Å². The van der Waals surface area contributed by atoms with E-state index in [9.17, 15) is 0 Å². The monoisotopic (exact) mass is 347 g/mol. The van der Waals surface area contributed by atoms with Crippen LogP contribution in [0, 0.1) is 0 Å². The van der Waals surface area contributed by atoms with Gasteiger partial charge >= 0.3 is 0 Å². The number of rotatable bonds is 5. The van der Waals surface area contributed by atoms with Crippen LogP contribution in [0.25, 0.3) is 0 Å². The molecule has 0 saturated heterocycles. The number of hydrogen-bond acceptors (Lipinski definition) is 4. The van der Waals surface area contributed by atoms with E-state index < -0.39 is 0 Å². The van der Waals surface area contributed by atoms with Crippen molar-refractivity contribution >= 4 is 15.9 Å². The largest absolute Gasteiger partial charge is 0.493 e. The Labute approximate surface area is 132 Å². The number of benzene rings is 1. The van der Waals surface area contributed by atoms with Crippen LogP contribution in [-0.2, 0) is 19.3 Å². The first-order valence-corrected chi connectivity index (χ1v) is 7.84. The highest BCUT2D eigenvalue weighted by Gasteiger charge is 2.20. The summed E-state index contributed by atoms with van der Waals surface area (Å²) >= 11 is 3.58. The molecule has 5 heteroatoms. The third-order valence-electron chi connectivity index (χ3n) is 3.73. The van der Waals surface area contributed by atoms with Gasteiger partial charge in [-0.1, -0.05) is 22.0 Å². The SMILES string of the molecule is NNC(Cc1cccnc1)Cc1cc(Br)cc2c1OCC2. The molecule has 0 aliphatic carbocycles. The molecular formula is C16H18BrN3O. The molecule has 0 fully saturated rings. The molecule has 1 aliphatic rings. The zero-order valence-corrected chi connectivity index (χ0v) is 13.3. The average molecular weight is 348 g/mol. The molecule has 1 aliphatic heterocycles. The van der Waals surface area contributed by atoms with Gasteiger partial charge in [-0.3, -0.25) is 16.3 Å². The Bertz CT molecular complexity index is 618. The summed E-state index contributed by atoms with van der Waals surface area (Å²) in [5, 5.41) is 0. The van der Waals surface area contributed by atoms with Crippen LogP contribution >= 0.6 is 15.9 Å². The minimum Gasteiger partial charge on any atom is -0.493 e. The maximum Gasteiger partial charge on any atom is 0.125 e. The second-order valence-corrected chi connectivity index (χ2v) is 6.20.